The molecule has 0 saturated carbocycles. The van der Waals surface area contributed by atoms with Crippen LogP contribution in [0, 0.1) is 13.8 Å². The maximum atomic E-state index is 5.80. The maximum Gasteiger partial charge on any atom is 0.124 e. The van der Waals surface area contributed by atoms with Crippen LogP contribution in [0.4, 0.5) is 0 Å². The summed E-state index contributed by atoms with van der Waals surface area (Å²) < 4.78 is 5.40. The number of benzene rings is 2. The van der Waals surface area contributed by atoms with Gasteiger partial charge in [-0.05, 0) is 53.8 Å². The minimum absolute atomic E-state index is 0.556. The van der Waals surface area contributed by atoms with E-state index in [0.717, 1.165) is 16.9 Å². The van der Waals surface area contributed by atoms with Crippen LogP contribution in [0.25, 0.3) is 11.1 Å². The fourth-order valence-electron chi connectivity index (χ4n) is 2.41. The highest BCUT2D eigenvalue weighted by molar-refractivity contribution is 5.70. The highest BCUT2D eigenvalue weighted by Crippen LogP contribution is 2.31. The fraction of sp³-hybridized carbons (Fsp3) is 0.250. The second-order valence-corrected chi connectivity index (χ2v) is 4.50. The number of ether oxygens (including phenoxy) is 1. The summed E-state index contributed by atoms with van der Waals surface area (Å²) in [4.78, 5) is 0. The van der Waals surface area contributed by atoms with Crippen molar-refractivity contribution < 1.29 is 4.74 Å². The van der Waals surface area contributed by atoms with Crippen molar-refractivity contribution in [3.8, 4) is 16.9 Å². The molecular formula is C16H19NO. The average molecular weight is 241 g/mol. The molecule has 18 heavy (non-hydrogen) atoms. The van der Waals surface area contributed by atoms with Crippen molar-refractivity contribution in [3.05, 3.63) is 53.1 Å². The predicted octanol–water partition coefficient (Wildman–Crippen LogP) is 3.44. The maximum absolute atomic E-state index is 5.80. The number of hydrogen-bond acceptors (Lipinski definition) is 2. The number of hydrogen-bond donors (Lipinski definition) is 1. The van der Waals surface area contributed by atoms with Crippen LogP contribution in [0.1, 0.15) is 16.7 Å². The van der Waals surface area contributed by atoms with Gasteiger partial charge in [-0.3, -0.25) is 0 Å². The normalized spacial score (nSPS) is 10.4. The second kappa shape index (κ2) is 5.23. The van der Waals surface area contributed by atoms with Gasteiger partial charge < -0.3 is 10.5 Å². The molecule has 2 rings (SSSR count). The van der Waals surface area contributed by atoms with Crippen LogP contribution in [0.15, 0.2) is 36.4 Å². The first kappa shape index (κ1) is 12.7. The molecule has 2 aromatic carbocycles. The van der Waals surface area contributed by atoms with Crippen LogP contribution < -0.4 is 10.5 Å². The first-order valence-corrected chi connectivity index (χ1v) is 6.11. The Kier molecular flexibility index (Phi) is 3.68. The van der Waals surface area contributed by atoms with Gasteiger partial charge in [0.1, 0.15) is 5.75 Å². The number of methoxy groups -OCH3 is 1. The molecule has 0 fully saturated rings. The zero-order chi connectivity index (χ0) is 13.1. The molecule has 94 valence electrons. The van der Waals surface area contributed by atoms with Crippen molar-refractivity contribution in [2.75, 3.05) is 7.11 Å². The van der Waals surface area contributed by atoms with E-state index in [1.54, 1.807) is 7.11 Å². The van der Waals surface area contributed by atoms with Gasteiger partial charge >= 0.3 is 0 Å². The molecule has 0 aliphatic heterocycles. The van der Waals surface area contributed by atoms with Gasteiger partial charge in [0.05, 0.1) is 7.11 Å². The van der Waals surface area contributed by atoms with Gasteiger partial charge in [0, 0.05) is 6.54 Å². The molecule has 0 heterocycles. The lowest BCUT2D eigenvalue weighted by Crippen LogP contribution is -1.99. The first-order valence-electron chi connectivity index (χ1n) is 6.11. The predicted molar refractivity (Wildman–Crippen MR) is 75.8 cm³/mol. The summed E-state index contributed by atoms with van der Waals surface area (Å²) in [7, 11) is 1.71. The van der Waals surface area contributed by atoms with E-state index in [1.165, 1.54) is 16.7 Å². The number of nitrogens with two attached hydrogens (primary N) is 1. The molecule has 0 aliphatic carbocycles. The Balaban J connectivity index is 2.58. The molecule has 0 aliphatic rings. The van der Waals surface area contributed by atoms with Crippen LogP contribution in [-0.2, 0) is 6.54 Å². The monoisotopic (exact) mass is 241 g/mol. The Morgan fingerprint density at radius 2 is 1.67 bits per heavy atom. The third-order valence-electron chi connectivity index (χ3n) is 3.21. The van der Waals surface area contributed by atoms with Gasteiger partial charge in [-0.15, -0.1) is 0 Å². The minimum Gasteiger partial charge on any atom is -0.496 e. The molecule has 2 nitrogen and oxygen atoms in total. The summed E-state index contributed by atoms with van der Waals surface area (Å²) in [5, 5.41) is 0. The lowest BCUT2D eigenvalue weighted by Gasteiger charge is -2.13. The molecule has 0 spiro atoms. The smallest absolute Gasteiger partial charge is 0.124 e. The molecule has 0 atom stereocenters. The molecule has 0 unspecified atom stereocenters. The third kappa shape index (κ3) is 2.24. The van der Waals surface area contributed by atoms with Gasteiger partial charge in [-0.1, -0.05) is 24.3 Å². The average Bonchev–Trinajstić information content (AvgIpc) is 2.38. The Hall–Kier alpha value is -1.80. The van der Waals surface area contributed by atoms with Gasteiger partial charge in [0.15, 0.2) is 0 Å². The molecule has 0 radical (unpaired) electrons. The summed E-state index contributed by atoms with van der Waals surface area (Å²) in [5.74, 6) is 0.962. The Morgan fingerprint density at radius 1 is 1.06 bits per heavy atom. The summed E-state index contributed by atoms with van der Waals surface area (Å²) in [6, 6.07) is 12.6. The minimum atomic E-state index is 0.556. The van der Waals surface area contributed by atoms with Gasteiger partial charge in [-0.2, -0.15) is 0 Å². The molecule has 2 heteroatoms. The van der Waals surface area contributed by atoms with Crippen molar-refractivity contribution in [1.29, 1.82) is 0 Å². The first-order chi connectivity index (χ1) is 8.67. The number of aryl methyl sites for hydroxylation is 2. The third-order valence-corrected chi connectivity index (χ3v) is 3.21. The topological polar surface area (TPSA) is 35.2 Å². The molecule has 0 bridgehead atoms. The van der Waals surface area contributed by atoms with Crippen molar-refractivity contribution in [2.24, 2.45) is 5.73 Å². The van der Waals surface area contributed by atoms with E-state index in [2.05, 4.69) is 38.1 Å². The number of rotatable bonds is 3. The Morgan fingerprint density at radius 3 is 2.22 bits per heavy atom. The molecule has 2 N–H and O–H groups in total. The zero-order valence-corrected chi connectivity index (χ0v) is 11.2. The van der Waals surface area contributed by atoms with E-state index < -0.39 is 0 Å². The van der Waals surface area contributed by atoms with Crippen molar-refractivity contribution in [3.63, 3.8) is 0 Å². The van der Waals surface area contributed by atoms with Crippen LogP contribution in [0.2, 0.25) is 0 Å². The van der Waals surface area contributed by atoms with Gasteiger partial charge in [-0.25, -0.2) is 0 Å². The highest BCUT2D eigenvalue weighted by Gasteiger charge is 2.08. The summed E-state index contributed by atoms with van der Waals surface area (Å²) >= 11 is 0. The summed E-state index contributed by atoms with van der Waals surface area (Å²) in [5.41, 5.74) is 11.7. The SMILES string of the molecule is COc1c(C)cc(-c2ccccc2CN)cc1C. The van der Waals surface area contributed by atoms with Crippen LogP contribution in [0.5, 0.6) is 5.75 Å². The Labute approximate surface area is 108 Å². The van der Waals surface area contributed by atoms with Crippen molar-refractivity contribution in [2.45, 2.75) is 20.4 Å². The highest BCUT2D eigenvalue weighted by atomic mass is 16.5. The Bertz CT molecular complexity index is 538. The van der Waals surface area contributed by atoms with Crippen LogP contribution in [-0.4, -0.2) is 7.11 Å². The van der Waals surface area contributed by atoms with Crippen molar-refractivity contribution in [1.82, 2.24) is 0 Å². The van der Waals surface area contributed by atoms with Crippen LogP contribution >= 0.6 is 0 Å². The van der Waals surface area contributed by atoms with Gasteiger partial charge in [0.25, 0.3) is 0 Å². The summed E-state index contributed by atoms with van der Waals surface area (Å²) in [6.07, 6.45) is 0. The molecular weight excluding hydrogens is 222 g/mol. The van der Waals surface area contributed by atoms with E-state index in [-0.39, 0.29) is 0 Å². The lowest BCUT2D eigenvalue weighted by atomic mass is 9.96. The fourth-order valence-corrected chi connectivity index (χ4v) is 2.41. The molecule has 2 aromatic rings. The largest absolute Gasteiger partial charge is 0.496 e. The second-order valence-electron chi connectivity index (χ2n) is 4.50. The van der Waals surface area contributed by atoms with E-state index in [4.69, 9.17) is 10.5 Å². The van der Waals surface area contributed by atoms with E-state index in [1.807, 2.05) is 12.1 Å². The van der Waals surface area contributed by atoms with Crippen LogP contribution in [0.3, 0.4) is 0 Å². The zero-order valence-electron chi connectivity index (χ0n) is 11.2. The van der Waals surface area contributed by atoms with E-state index >= 15 is 0 Å². The van der Waals surface area contributed by atoms with Crippen molar-refractivity contribution >= 4 is 0 Å². The molecule has 0 saturated heterocycles. The standard InChI is InChI=1S/C16H19NO/c1-11-8-14(9-12(2)16(11)18-3)15-7-5-4-6-13(15)10-17/h4-9H,10,17H2,1-3H3. The van der Waals surface area contributed by atoms with E-state index in [0.29, 0.717) is 6.54 Å². The lowest BCUT2D eigenvalue weighted by molar-refractivity contribution is 0.408. The van der Waals surface area contributed by atoms with Gasteiger partial charge in [0.2, 0.25) is 0 Å². The summed E-state index contributed by atoms with van der Waals surface area (Å²) in [6.45, 7) is 4.70. The molecule has 0 amide bonds. The quantitative estimate of drug-likeness (QED) is 0.893. The molecule has 0 aromatic heterocycles. The van der Waals surface area contributed by atoms with E-state index in [9.17, 15) is 0 Å².